The number of amides is 2. The molecule has 1 unspecified atom stereocenters. The summed E-state index contributed by atoms with van der Waals surface area (Å²) in [7, 11) is -2.90. The molecule has 0 aromatic heterocycles. The lowest BCUT2D eigenvalue weighted by Crippen LogP contribution is -2.43. The Kier molecular flexibility index (Phi) is 2.38. The summed E-state index contributed by atoms with van der Waals surface area (Å²) >= 11 is 0. The predicted octanol–water partition coefficient (Wildman–Crippen LogP) is -0.365. The van der Waals surface area contributed by atoms with E-state index in [4.69, 9.17) is 0 Å². The maximum atomic E-state index is 11.2. The van der Waals surface area contributed by atoms with E-state index in [0.717, 1.165) is 12.8 Å². The molecule has 2 amide bonds. The first-order valence-electron chi connectivity index (χ1n) is 4.83. The third-order valence-corrected chi connectivity index (χ3v) is 4.25. The van der Waals surface area contributed by atoms with Gasteiger partial charge in [-0.3, -0.25) is 0 Å². The largest absolute Gasteiger partial charge is 0.335 e. The lowest BCUT2D eigenvalue weighted by molar-refractivity contribution is 0.237. The maximum absolute atomic E-state index is 11.2. The normalized spacial score (nSPS) is 29.9. The Morgan fingerprint density at radius 1 is 1.07 bits per heavy atom. The van der Waals surface area contributed by atoms with Crippen LogP contribution in [-0.2, 0) is 9.84 Å². The first-order chi connectivity index (χ1) is 6.55. The molecule has 6 heteroatoms. The molecule has 0 aromatic rings. The zero-order valence-corrected chi connectivity index (χ0v) is 8.64. The van der Waals surface area contributed by atoms with Gasteiger partial charge < -0.3 is 10.6 Å². The van der Waals surface area contributed by atoms with Crippen molar-refractivity contribution in [3.8, 4) is 0 Å². The van der Waals surface area contributed by atoms with Crippen LogP contribution in [-0.4, -0.2) is 38.0 Å². The number of rotatable bonds is 2. The van der Waals surface area contributed by atoms with E-state index in [-0.39, 0.29) is 23.6 Å². The molecule has 2 rings (SSSR count). The first kappa shape index (κ1) is 9.76. The van der Waals surface area contributed by atoms with Gasteiger partial charge in [-0.1, -0.05) is 0 Å². The zero-order chi connectivity index (χ0) is 10.2. The Bertz CT molecular complexity index is 334. The Morgan fingerprint density at radius 3 is 2.21 bits per heavy atom. The summed E-state index contributed by atoms with van der Waals surface area (Å²) in [6, 6.07) is -0.110. The van der Waals surface area contributed by atoms with Gasteiger partial charge in [0.05, 0.1) is 11.5 Å². The SMILES string of the molecule is O=C(NC1CC1)NC1CCS(=O)(=O)C1. The van der Waals surface area contributed by atoms with Crippen LogP contribution in [0, 0.1) is 0 Å². The van der Waals surface area contributed by atoms with E-state index in [1.54, 1.807) is 0 Å². The maximum Gasteiger partial charge on any atom is 0.315 e. The number of carbonyl (C=O) groups is 1. The lowest BCUT2D eigenvalue weighted by atomic mass is 10.3. The Labute approximate surface area is 83.2 Å². The first-order valence-corrected chi connectivity index (χ1v) is 6.65. The molecule has 14 heavy (non-hydrogen) atoms. The number of carbonyl (C=O) groups excluding carboxylic acids is 1. The summed E-state index contributed by atoms with van der Waals surface area (Å²) in [5.74, 6) is 0.284. The van der Waals surface area contributed by atoms with E-state index < -0.39 is 9.84 Å². The van der Waals surface area contributed by atoms with Gasteiger partial charge >= 0.3 is 6.03 Å². The molecule has 1 atom stereocenters. The molecule has 2 N–H and O–H groups in total. The van der Waals surface area contributed by atoms with Crippen LogP contribution in [0.15, 0.2) is 0 Å². The van der Waals surface area contributed by atoms with Gasteiger partial charge in [-0.2, -0.15) is 0 Å². The predicted molar refractivity (Wildman–Crippen MR) is 51.7 cm³/mol. The molecule has 2 fully saturated rings. The van der Waals surface area contributed by atoms with Crippen molar-refractivity contribution in [2.75, 3.05) is 11.5 Å². The van der Waals surface area contributed by atoms with Crippen molar-refractivity contribution >= 4 is 15.9 Å². The summed E-state index contributed by atoms with van der Waals surface area (Å²) in [5.41, 5.74) is 0. The van der Waals surface area contributed by atoms with Crippen LogP contribution < -0.4 is 10.6 Å². The molecule has 2 aliphatic rings. The molecule has 1 saturated heterocycles. The topological polar surface area (TPSA) is 75.3 Å². The smallest absolute Gasteiger partial charge is 0.315 e. The highest BCUT2D eigenvalue weighted by atomic mass is 32.2. The monoisotopic (exact) mass is 218 g/mol. The number of hydrogen-bond acceptors (Lipinski definition) is 3. The van der Waals surface area contributed by atoms with Crippen LogP contribution in [0.3, 0.4) is 0 Å². The summed E-state index contributed by atoms with van der Waals surface area (Å²) in [5, 5.41) is 5.44. The van der Waals surface area contributed by atoms with Crippen LogP contribution in [0.1, 0.15) is 19.3 Å². The fourth-order valence-corrected chi connectivity index (χ4v) is 3.22. The van der Waals surface area contributed by atoms with E-state index in [9.17, 15) is 13.2 Å². The van der Waals surface area contributed by atoms with Crippen molar-refractivity contribution in [3.05, 3.63) is 0 Å². The second kappa shape index (κ2) is 3.42. The molecule has 1 heterocycles. The van der Waals surface area contributed by atoms with Crippen LogP contribution in [0.5, 0.6) is 0 Å². The number of nitrogens with one attached hydrogen (secondary N) is 2. The summed E-state index contributed by atoms with van der Waals surface area (Å²) in [4.78, 5) is 11.2. The van der Waals surface area contributed by atoms with Crippen molar-refractivity contribution in [3.63, 3.8) is 0 Å². The molecule has 5 nitrogen and oxygen atoms in total. The Morgan fingerprint density at radius 2 is 1.71 bits per heavy atom. The van der Waals surface area contributed by atoms with Crippen molar-refractivity contribution in [1.29, 1.82) is 0 Å². The van der Waals surface area contributed by atoms with Crippen LogP contribution in [0.4, 0.5) is 4.79 Å². The second-order valence-electron chi connectivity index (χ2n) is 3.99. The minimum absolute atomic E-state index is 0.0884. The van der Waals surface area contributed by atoms with Crippen molar-refractivity contribution in [2.45, 2.75) is 31.3 Å². The van der Waals surface area contributed by atoms with Gasteiger partial charge in [-0.25, -0.2) is 13.2 Å². The molecule has 0 spiro atoms. The van der Waals surface area contributed by atoms with Crippen LogP contribution in [0.25, 0.3) is 0 Å². The van der Waals surface area contributed by atoms with E-state index in [0.29, 0.717) is 12.5 Å². The van der Waals surface area contributed by atoms with Crippen molar-refractivity contribution in [2.24, 2.45) is 0 Å². The standard InChI is InChI=1S/C8H14N2O3S/c11-8(9-6-1-2-6)10-7-3-4-14(12,13)5-7/h6-7H,1-5H2,(H2,9,10,11). The molecular weight excluding hydrogens is 204 g/mol. The fourth-order valence-electron chi connectivity index (χ4n) is 1.55. The minimum Gasteiger partial charge on any atom is -0.335 e. The highest BCUT2D eigenvalue weighted by Crippen LogP contribution is 2.18. The van der Waals surface area contributed by atoms with Gasteiger partial charge in [0.2, 0.25) is 0 Å². The molecule has 1 aliphatic carbocycles. The molecular formula is C8H14N2O3S. The third kappa shape index (κ3) is 2.60. The average molecular weight is 218 g/mol. The van der Waals surface area contributed by atoms with Crippen LogP contribution in [0.2, 0.25) is 0 Å². The van der Waals surface area contributed by atoms with Crippen molar-refractivity contribution in [1.82, 2.24) is 10.6 Å². The quantitative estimate of drug-likeness (QED) is 0.664. The van der Waals surface area contributed by atoms with Gasteiger partial charge in [-0.15, -0.1) is 0 Å². The summed E-state index contributed by atoms with van der Waals surface area (Å²) < 4.78 is 22.2. The Balaban J connectivity index is 1.77. The zero-order valence-electron chi connectivity index (χ0n) is 7.82. The van der Waals surface area contributed by atoms with E-state index >= 15 is 0 Å². The minimum atomic E-state index is -2.90. The van der Waals surface area contributed by atoms with Gasteiger partial charge in [0.15, 0.2) is 9.84 Å². The summed E-state index contributed by atoms with van der Waals surface area (Å²) in [6.45, 7) is 0. The highest BCUT2D eigenvalue weighted by molar-refractivity contribution is 7.91. The van der Waals surface area contributed by atoms with E-state index in [1.807, 2.05) is 0 Å². The fraction of sp³-hybridized carbons (Fsp3) is 0.875. The van der Waals surface area contributed by atoms with Gasteiger partial charge in [0, 0.05) is 12.1 Å². The average Bonchev–Trinajstić information content (AvgIpc) is 2.78. The highest BCUT2D eigenvalue weighted by Gasteiger charge is 2.30. The second-order valence-corrected chi connectivity index (χ2v) is 6.22. The summed E-state index contributed by atoms with van der Waals surface area (Å²) in [6.07, 6.45) is 2.62. The van der Waals surface area contributed by atoms with Crippen molar-refractivity contribution < 1.29 is 13.2 Å². The van der Waals surface area contributed by atoms with E-state index in [2.05, 4.69) is 10.6 Å². The third-order valence-electron chi connectivity index (χ3n) is 2.48. The molecule has 1 saturated carbocycles. The Hall–Kier alpha value is -0.780. The number of urea groups is 1. The van der Waals surface area contributed by atoms with Gasteiger partial charge in [-0.05, 0) is 19.3 Å². The molecule has 1 aliphatic heterocycles. The molecule has 0 bridgehead atoms. The molecule has 0 radical (unpaired) electrons. The van der Waals surface area contributed by atoms with Crippen LogP contribution >= 0.6 is 0 Å². The molecule has 80 valence electrons. The number of sulfone groups is 1. The van der Waals surface area contributed by atoms with Gasteiger partial charge in [0.25, 0.3) is 0 Å². The van der Waals surface area contributed by atoms with E-state index in [1.165, 1.54) is 0 Å². The van der Waals surface area contributed by atoms with Gasteiger partial charge in [0.1, 0.15) is 0 Å². The number of hydrogen-bond donors (Lipinski definition) is 2. The lowest BCUT2D eigenvalue weighted by Gasteiger charge is -2.11. The molecule has 0 aromatic carbocycles.